The minimum absolute atomic E-state index is 0.0841. The van der Waals surface area contributed by atoms with Crippen molar-refractivity contribution in [2.24, 2.45) is 0 Å². The number of amides is 2. The number of nitrogens with one attached hydrogen (secondary N) is 2. The molecule has 0 bridgehead atoms. The van der Waals surface area contributed by atoms with Crippen molar-refractivity contribution in [2.75, 3.05) is 11.9 Å². The van der Waals surface area contributed by atoms with Gasteiger partial charge in [0.05, 0.1) is 22.8 Å². The van der Waals surface area contributed by atoms with Crippen LogP contribution in [0.2, 0.25) is 10.0 Å². The molecule has 1 aromatic carbocycles. The minimum atomic E-state index is -0.526. The minimum Gasteiger partial charge on any atom is -0.462 e. The molecule has 6 nitrogen and oxygen atoms in total. The number of carbonyl (C=O) groups excluding carboxylic acids is 3. The summed E-state index contributed by atoms with van der Waals surface area (Å²) in [4.78, 5) is 38.7. The van der Waals surface area contributed by atoms with E-state index in [1.165, 1.54) is 18.6 Å². The average molecular weight is 483 g/mol. The lowest BCUT2D eigenvalue weighted by atomic mass is 9.95. The number of hydrogen-bond acceptors (Lipinski definition) is 5. The van der Waals surface area contributed by atoms with Crippen LogP contribution < -0.4 is 10.6 Å². The van der Waals surface area contributed by atoms with Crippen molar-refractivity contribution < 1.29 is 19.1 Å². The van der Waals surface area contributed by atoms with Crippen LogP contribution in [-0.2, 0) is 4.74 Å². The highest BCUT2D eigenvalue weighted by Gasteiger charge is 2.28. The largest absolute Gasteiger partial charge is 0.462 e. The van der Waals surface area contributed by atoms with E-state index in [9.17, 15) is 14.4 Å². The fraction of sp³-hybridized carbons (Fsp3) is 0.409. The Bertz CT molecular complexity index is 1000. The van der Waals surface area contributed by atoms with E-state index in [0.717, 1.165) is 37.0 Å². The molecule has 1 aliphatic rings. The van der Waals surface area contributed by atoms with E-state index in [1.54, 1.807) is 19.9 Å². The highest BCUT2D eigenvalue weighted by atomic mass is 35.5. The van der Waals surface area contributed by atoms with Gasteiger partial charge >= 0.3 is 5.97 Å². The first-order valence-corrected chi connectivity index (χ1v) is 11.8. The predicted molar refractivity (Wildman–Crippen MR) is 124 cm³/mol. The molecule has 166 valence electrons. The molecule has 2 amide bonds. The van der Waals surface area contributed by atoms with E-state index in [4.69, 9.17) is 27.9 Å². The van der Waals surface area contributed by atoms with Crippen LogP contribution in [0.5, 0.6) is 0 Å². The van der Waals surface area contributed by atoms with Crippen LogP contribution in [-0.4, -0.2) is 30.4 Å². The highest BCUT2D eigenvalue weighted by Crippen LogP contribution is 2.35. The molecular formula is C22H24Cl2N2O4S. The van der Waals surface area contributed by atoms with Gasteiger partial charge in [-0.2, -0.15) is 0 Å². The lowest BCUT2D eigenvalue weighted by Crippen LogP contribution is -2.36. The summed E-state index contributed by atoms with van der Waals surface area (Å²) in [6, 6.07) is 4.62. The van der Waals surface area contributed by atoms with E-state index in [2.05, 4.69) is 10.6 Å². The molecule has 1 aromatic heterocycles. The van der Waals surface area contributed by atoms with Gasteiger partial charge in [0, 0.05) is 11.1 Å². The third-order valence-electron chi connectivity index (χ3n) is 5.18. The molecule has 1 fully saturated rings. The quantitative estimate of drug-likeness (QED) is 0.505. The van der Waals surface area contributed by atoms with Crippen molar-refractivity contribution in [1.82, 2.24) is 5.32 Å². The van der Waals surface area contributed by atoms with Gasteiger partial charge in [0.1, 0.15) is 9.88 Å². The number of esters is 1. The second-order valence-electron chi connectivity index (χ2n) is 7.37. The van der Waals surface area contributed by atoms with Crippen molar-refractivity contribution in [3.63, 3.8) is 0 Å². The van der Waals surface area contributed by atoms with Gasteiger partial charge in [0.15, 0.2) is 0 Å². The van der Waals surface area contributed by atoms with Crippen molar-refractivity contribution in [2.45, 2.75) is 52.0 Å². The normalized spacial score (nSPS) is 14.2. The van der Waals surface area contributed by atoms with Crippen molar-refractivity contribution >= 4 is 57.3 Å². The molecule has 1 heterocycles. The van der Waals surface area contributed by atoms with E-state index in [0.29, 0.717) is 10.6 Å². The number of rotatable bonds is 6. The molecule has 2 N–H and O–H groups in total. The number of benzene rings is 1. The molecule has 9 heteroatoms. The summed E-state index contributed by atoms with van der Waals surface area (Å²) in [6.07, 6.45) is 5.14. The van der Waals surface area contributed by atoms with Crippen molar-refractivity contribution in [1.29, 1.82) is 0 Å². The fourth-order valence-electron chi connectivity index (χ4n) is 3.61. The summed E-state index contributed by atoms with van der Waals surface area (Å²) in [7, 11) is 0. The molecule has 0 saturated heterocycles. The van der Waals surface area contributed by atoms with Crippen LogP contribution in [0.15, 0.2) is 18.2 Å². The Hall–Kier alpha value is -2.09. The first-order chi connectivity index (χ1) is 14.8. The second kappa shape index (κ2) is 10.5. The molecule has 0 spiro atoms. The Kier molecular flexibility index (Phi) is 7.97. The fourth-order valence-corrected chi connectivity index (χ4v) is 5.20. The third kappa shape index (κ3) is 5.59. The molecule has 31 heavy (non-hydrogen) atoms. The smallest absolute Gasteiger partial charge is 0.348 e. The van der Waals surface area contributed by atoms with E-state index in [-0.39, 0.29) is 44.6 Å². The van der Waals surface area contributed by atoms with Gasteiger partial charge < -0.3 is 15.4 Å². The van der Waals surface area contributed by atoms with Gasteiger partial charge in [0.25, 0.3) is 11.8 Å². The highest BCUT2D eigenvalue weighted by molar-refractivity contribution is 7.18. The van der Waals surface area contributed by atoms with Gasteiger partial charge in [-0.1, -0.05) is 42.5 Å². The monoisotopic (exact) mass is 482 g/mol. The number of hydrogen-bond donors (Lipinski definition) is 2. The van der Waals surface area contributed by atoms with Crippen LogP contribution in [0.25, 0.3) is 0 Å². The summed E-state index contributed by atoms with van der Waals surface area (Å²) in [5.74, 6) is -1.33. The van der Waals surface area contributed by atoms with Gasteiger partial charge in [-0.15, -0.1) is 11.3 Å². The Balaban J connectivity index is 1.92. The molecule has 1 saturated carbocycles. The van der Waals surface area contributed by atoms with Crippen molar-refractivity contribution in [3.8, 4) is 0 Å². The Morgan fingerprint density at radius 2 is 1.84 bits per heavy atom. The van der Waals surface area contributed by atoms with Crippen LogP contribution >= 0.6 is 34.5 Å². The Morgan fingerprint density at radius 3 is 2.48 bits per heavy atom. The molecular weight excluding hydrogens is 459 g/mol. The molecule has 2 aromatic rings. The number of halogens is 2. The summed E-state index contributed by atoms with van der Waals surface area (Å²) in [6.45, 7) is 3.61. The lowest BCUT2D eigenvalue weighted by Gasteiger charge is -2.23. The third-order valence-corrected chi connectivity index (χ3v) is 6.91. The lowest BCUT2D eigenvalue weighted by molar-refractivity contribution is 0.0531. The molecule has 0 aliphatic heterocycles. The van der Waals surface area contributed by atoms with Gasteiger partial charge in [0.2, 0.25) is 0 Å². The summed E-state index contributed by atoms with van der Waals surface area (Å²) in [5, 5.41) is 6.68. The zero-order chi connectivity index (χ0) is 22.5. The van der Waals surface area contributed by atoms with Crippen LogP contribution in [0.4, 0.5) is 5.00 Å². The van der Waals surface area contributed by atoms with Crippen molar-refractivity contribution in [3.05, 3.63) is 49.8 Å². The molecule has 0 atom stereocenters. The van der Waals surface area contributed by atoms with E-state index < -0.39 is 11.9 Å². The van der Waals surface area contributed by atoms with Gasteiger partial charge in [-0.3, -0.25) is 9.59 Å². The number of thiophene rings is 1. The van der Waals surface area contributed by atoms with Gasteiger partial charge in [-0.25, -0.2) is 4.79 Å². The first-order valence-electron chi connectivity index (χ1n) is 10.2. The zero-order valence-corrected chi connectivity index (χ0v) is 19.7. The topological polar surface area (TPSA) is 84.5 Å². The maximum absolute atomic E-state index is 13.1. The maximum atomic E-state index is 13.1. The predicted octanol–water partition coefficient (Wildman–Crippen LogP) is 5.85. The molecule has 1 aliphatic carbocycles. The van der Waals surface area contributed by atoms with Crippen LogP contribution in [0, 0.1) is 6.92 Å². The molecule has 3 rings (SSSR count). The summed E-state index contributed by atoms with van der Waals surface area (Å²) < 4.78 is 5.12. The zero-order valence-electron chi connectivity index (χ0n) is 17.3. The average Bonchev–Trinajstić information content (AvgIpc) is 3.04. The second-order valence-corrected chi connectivity index (χ2v) is 9.23. The number of carbonyl (C=O) groups is 3. The summed E-state index contributed by atoms with van der Waals surface area (Å²) >= 11 is 13.1. The SMILES string of the molecule is CCOC(=O)c1sc(NC(=O)c2ccc(Cl)cc2Cl)c(C(=O)NC2CCCCC2)c1C. The Labute approximate surface area is 195 Å². The van der Waals surface area contributed by atoms with E-state index >= 15 is 0 Å². The summed E-state index contributed by atoms with van der Waals surface area (Å²) in [5.41, 5.74) is 0.972. The molecule has 0 radical (unpaired) electrons. The first kappa shape index (κ1) is 23.6. The number of anilines is 1. The maximum Gasteiger partial charge on any atom is 0.348 e. The Morgan fingerprint density at radius 1 is 1.13 bits per heavy atom. The van der Waals surface area contributed by atoms with Crippen LogP contribution in [0.1, 0.15) is 75.0 Å². The molecule has 0 unspecified atom stereocenters. The standard InChI is InChI=1S/C22H24Cl2N2O4S/c1-3-30-22(29)18-12(2)17(20(28)25-14-7-5-4-6-8-14)21(31-18)26-19(27)15-10-9-13(23)11-16(15)24/h9-11,14H,3-8H2,1-2H3,(H,25,28)(H,26,27). The number of ether oxygens (including phenoxy) is 1. The van der Waals surface area contributed by atoms with Crippen LogP contribution in [0.3, 0.4) is 0 Å². The van der Waals surface area contributed by atoms with Gasteiger partial charge in [-0.05, 0) is 50.5 Å². The van der Waals surface area contributed by atoms with E-state index in [1.807, 2.05) is 0 Å².